The number of hydrogen-bond donors (Lipinski definition) is 2. The number of nitrogens with one attached hydrogen (secondary N) is 1. The number of furan rings is 1. The maximum Gasteiger partial charge on any atom is 0.259 e. The molecule has 21 heavy (non-hydrogen) atoms. The second-order valence-electron chi connectivity index (χ2n) is 4.56. The number of methoxy groups -OCH3 is 1. The van der Waals surface area contributed by atoms with Crippen molar-refractivity contribution in [2.75, 3.05) is 18.2 Å². The number of fused-ring (bicyclic) bond motifs is 1. The van der Waals surface area contributed by atoms with E-state index in [0.717, 1.165) is 5.39 Å². The largest absolute Gasteiger partial charge is 0.495 e. The van der Waals surface area contributed by atoms with Gasteiger partial charge in [0.15, 0.2) is 0 Å². The number of para-hydroxylation sites is 1. The molecular formula is C16H14N2O3. The summed E-state index contributed by atoms with van der Waals surface area (Å²) in [6, 6.07) is 12.5. The highest BCUT2D eigenvalue weighted by molar-refractivity contribution is 6.12. The lowest BCUT2D eigenvalue weighted by Gasteiger charge is -2.08. The van der Waals surface area contributed by atoms with E-state index < -0.39 is 0 Å². The van der Waals surface area contributed by atoms with Crippen molar-refractivity contribution in [3.8, 4) is 5.75 Å². The van der Waals surface area contributed by atoms with E-state index in [1.807, 2.05) is 24.3 Å². The molecule has 0 aliphatic rings. The standard InChI is InChI=1S/C16H14N2O3/c1-20-15-7-6-10(8-13(15)17)18-16(19)12-9-21-14-5-3-2-4-11(12)14/h2-9H,17H2,1H3,(H,18,19). The maximum atomic E-state index is 12.3. The Bertz CT molecular complexity index is 808. The Balaban J connectivity index is 1.88. The van der Waals surface area contributed by atoms with Crippen LogP contribution in [0.25, 0.3) is 11.0 Å². The van der Waals surface area contributed by atoms with Crippen LogP contribution in [0.2, 0.25) is 0 Å². The molecule has 0 atom stereocenters. The summed E-state index contributed by atoms with van der Waals surface area (Å²) in [7, 11) is 1.54. The Kier molecular flexibility index (Phi) is 3.23. The van der Waals surface area contributed by atoms with E-state index in [1.54, 1.807) is 25.3 Å². The van der Waals surface area contributed by atoms with Crippen molar-refractivity contribution < 1.29 is 13.9 Å². The zero-order valence-electron chi connectivity index (χ0n) is 11.4. The van der Waals surface area contributed by atoms with Crippen LogP contribution in [0.5, 0.6) is 5.75 Å². The molecule has 1 heterocycles. The second kappa shape index (κ2) is 5.20. The zero-order valence-corrected chi connectivity index (χ0v) is 11.4. The number of hydrogen-bond acceptors (Lipinski definition) is 4. The molecule has 5 heteroatoms. The van der Waals surface area contributed by atoms with Gasteiger partial charge in [-0.1, -0.05) is 18.2 Å². The van der Waals surface area contributed by atoms with Crippen molar-refractivity contribution in [3.63, 3.8) is 0 Å². The molecule has 0 spiro atoms. The van der Waals surface area contributed by atoms with Crippen LogP contribution in [0.3, 0.4) is 0 Å². The van der Waals surface area contributed by atoms with Gasteiger partial charge in [-0.05, 0) is 24.3 Å². The first-order chi connectivity index (χ1) is 10.2. The summed E-state index contributed by atoms with van der Waals surface area (Å²) in [6.45, 7) is 0. The number of carbonyl (C=O) groups excluding carboxylic acids is 1. The highest BCUT2D eigenvalue weighted by Crippen LogP contribution is 2.26. The molecule has 3 N–H and O–H groups in total. The van der Waals surface area contributed by atoms with Crippen molar-refractivity contribution in [1.29, 1.82) is 0 Å². The lowest BCUT2D eigenvalue weighted by atomic mass is 10.1. The Morgan fingerprint density at radius 3 is 2.81 bits per heavy atom. The highest BCUT2D eigenvalue weighted by Gasteiger charge is 2.14. The van der Waals surface area contributed by atoms with Crippen molar-refractivity contribution in [2.45, 2.75) is 0 Å². The molecule has 0 unspecified atom stereocenters. The molecule has 1 amide bonds. The van der Waals surface area contributed by atoms with Crippen LogP contribution in [0, 0.1) is 0 Å². The molecule has 0 bridgehead atoms. The number of rotatable bonds is 3. The molecule has 0 aliphatic heterocycles. The molecule has 0 fully saturated rings. The topological polar surface area (TPSA) is 77.5 Å². The van der Waals surface area contributed by atoms with E-state index in [4.69, 9.17) is 14.9 Å². The second-order valence-corrected chi connectivity index (χ2v) is 4.56. The summed E-state index contributed by atoms with van der Waals surface area (Å²) in [5.74, 6) is 0.325. The van der Waals surface area contributed by atoms with Gasteiger partial charge in [0, 0.05) is 11.1 Å². The number of nitrogens with two attached hydrogens (primary N) is 1. The van der Waals surface area contributed by atoms with Crippen molar-refractivity contribution in [3.05, 3.63) is 54.3 Å². The average Bonchev–Trinajstić information content (AvgIpc) is 2.91. The van der Waals surface area contributed by atoms with Gasteiger partial charge in [0.25, 0.3) is 5.91 Å². The van der Waals surface area contributed by atoms with Gasteiger partial charge in [0.2, 0.25) is 0 Å². The van der Waals surface area contributed by atoms with Gasteiger partial charge in [-0.15, -0.1) is 0 Å². The van der Waals surface area contributed by atoms with Crippen LogP contribution in [0.4, 0.5) is 11.4 Å². The van der Waals surface area contributed by atoms with Crippen LogP contribution >= 0.6 is 0 Å². The lowest BCUT2D eigenvalue weighted by molar-refractivity contribution is 0.102. The minimum absolute atomic E-state index is 0.246. The van der Waals surface area contributed by atoms with Crippen LogP contribution in [0.1, 0.15) is 10.4 Å². The summed E-state index contributed by atoms with van der Waals surface area (Å²) in [5, 5.41) is 3.57. The summed E-state index contributed by atoms with van der Waals surface area (Å²) in [5.41, 5.74) is 8.05. The summed E-state index contributed by atoms with van der Waals surface area (Å²) in [4.78, 5) is 12.3. The van der Waals surface area contributed by atoms with Crippen LogP contribution < -0.4 is 15.8 Å². The molecular weight excluding hydrogens is 268 g/mol. The summed E-state index contributed by atoms with van der Waals surface area (Å²) >= 11 is 0. The fraction of sp³-hybridized carbons (Fsp3) is 0.0625. The first-order valence-electron chi connectivity index (χ1n) is 6.40. The van der Waals surface area contributed by atoms with Crippen molar-refractivity contribution >= 4 is 28.3 Å². The third-order valence-corrected chi connectivity index (χ3v) is 3.21. The predicted octanol–water partition coefficient (Wildman–Crippen LogP) is 3.28. The Morgan fingerprint density at radius 1 is 1.24 bits per heavy atom. The Labute approximate surface area is 121 Å². The van der Waals surface area contributed by atoms with E-state index in [2.05, 4.69) is 5.32 Å². The first-order valence-corrected chi connectivity index (χ1v) is 6.40. The van der Waals surface area contributed by atoms with E-state index in [1.165, 1.54) is 6.26 Å². The molecule has 106 valence electrons. The van der Waals surface area contributed by atoms with Gasteiger partial charge in [0.1, 0.15) is 17.6 Å². The molecule has 0 saturated heterocycles. The van der Waals surface area contributed by atoms with Gasteiger partial charge >= 0.3 is 0 Å². The molecule has 0 aliphatic carbocycles. The Hall–Kier alpha value is -2.95. The number of ether oxygens (including phenoxy) is 1. The van der Waals surface area contributed by atoms with Gasteiger partial charge in [-0.25, -0.2) is 0 Å². The number of amides is 1. The van der Waals surface area contributed by atoms with Gasteiger partial charge in [-0.3, -0.25) is 4.79 Å². The maximum absolute atomic E-state index is 12.3. The molecule has 0 radical (unpaired) electrons. The van der Waals surface area contributed by atoms with Crippen LogP contribution in [-0.2, 0) is 0 Å². The van der Waals surface area contributed by atoms with Crippen molar-refractivity contribution in [2.24, 2.45) is 0 Å². The minimum atomic E-state index is -0.246. The first kappa shape index (κ1) is 13.1. The van der Waals surface area contributed by atoms with Crippen LogP contribution in [0.15, 0.2) is 53.1 Å². The normalized spacial score (nSPS) is 10.5. The molecule has 2 aromatic carbocycles. The fourth-order valence-corrected chi connectivity index (χ4v) is 2.16. The van der Waals surface area contributed by atoms with Gasteiger partial charge < -0.3 is 20.2 Å². The van der Waals surface area contributed by atoms with E-state index in [0.29, 0.717) is 28.3 Å². The zero-order chi connectivity index (χ0) is 14.8. The van der Waals surface area contributed by atoms with Gasteiger partial charge in [-0.2, -0.15) is 0 Å². The molecule has 1 aromatic heterocycles. The fourth-order valence-electron chi connectivity index (χ4n) is 2.16. The summed E-state index contributed by atoms with van der Waals surface area (Å²) in [6.07, 6.45) is 1.45. The number of carbonyl (C=O) groups is 1. The molecule has 5 nitrogen and oxygen atoms in total. The highest BCUT2D eigenvalue weighted by atomic mass is 16.5. The van der Waals surface area contributed by atoms with E-state index in [9.17, 15) is 4.79 Å². The average molecular weight is 282 g/mol. The third kappa shape index (κ3) is 2.41. The monoisotopic (exact) mass is 282 g/mol. The Morgan fingerprint density at radius 2 is 2.05 bits per heavy atom. The van der Waals surface area contributed by atoms with E-state index in [-0.39, 0.29) is 5.91 Å². The SMILES string of the molecule is COc1ccc(NC(=O)c2coc3ccccc23)cc1N. The van der Waals surface area contributed by atoms with E-state index >= 15 is 0 Å². The molecule has 3 rings (SSSR count). The minimum Gasteiger partial charge on any atom is -0.495 e. The van der Waals surface area contributed by atoms with Crippen molar-refractivity contribution in [1.82, 2.24) is 0 Å². The van der Waals surface area contributed by atoms with Gasteiger partial charge in [0.05, 0.1) is 18.4 Å². The molecule has 0 saturated carbocycles. The quantitative estimate of drug-likeness (QED) is 0.723. The number of nitrogen functional groups attached to an aromatic ring is 1. The predicted molar refractivity (Wildman–Crippen MR) is 81.6 cm³/mol. The lowest BCUT2D eigenvalue weighted by Crippen LogP contribution is -2.11. The summed E-state index contributed by atoms with van der Waals surface area (Å²) < 4.78 is 10.4. The van der Waals surface area contributed by atoms with Crippen LogP contribution in [-0.4, -0.2) is 13.0 Å². The molecule has 3 aromatic rings. The smallest absolute Gasteiger partial charge is 0.259 e. The third-order valence-electron chi connectivity index (χ3n) is 3.21. The number of anilines is 2. The number of benzene rings is 2.